The molecule has 1 aromatic rings. The number of hydrogen-bond acceptors (Lipinski definition) is 3. The number of aliphatic imine (C=N–C) groups is 1. The Balaban J connectivity index is 1.88. The maximum absolute atomic E-state index is 10.6. The first-order valence-corrected chi connectivity index (χ1v) is 7.37. The number of benzene rings is 1. The Labute approximate surface area is 120 Å². The minimum atomic E-state index is -0.390. The quantitative estimate of drug-likeness (QED) is 0.814. The van der Waals surface area contributed by atoms with Gasteiger partial charge in [0.25, 0.3) is 0 Å². The molecule has 3 rings (SSSR count). The molecule has 3 heteroatoms. The fourth-order valence-corrected chi connectivity index (χ4v) is 4.23. The number of aliphatic hydroxyl groups excluding tert-OH is 1. The van der Waals surface area contributed by atoms with Gasteiger partial charge in [-0.3, -0.25) is 4.99 Å². The van der Waals surface area contributed by atoms with Gasteiger partial charge in [0.2, 0.25) is 0 Å². The van der Waals surface area contributed by atoms with Gasteiger partial charge in [-0.1, -0.05) is 32.9 Å². The molecular weight excluding hydrogens is 250 g/mol. The maximum atomic E-state index is 10.6. The van der Waals surface area contributed by atoms with E-state index in [0.29, 0.717) is 11.5 Å². The van der Waals surface area contributed by atoms with Crippen molar-refractivity contribution in [2.24, 2.45) is 21.7 Å². The Bertz CT molecular complexity index is 552. The van der Waals surface area contributed by atoms with E-state index < -0.39 is 6.10 Å². The summed E-state index contributed by atoms with van der Waals surface area (Å²) in [4.78, 5) is 4.62. The molecule has 4 atom stereocenters. The van der Waals surface area contributed by atoms with Gasteiger partial charge in [0.1, 0.15) is 5.75 Å². The van der Waals surface area contributed by atoms with Crippen LogP contribution < -0.4 is 0 Å². The molecule has 1 aromatic carbocycles. The van der Waals surface area contributed by atoms with Crippen LogP contribution in [-0.2, 0) is 0 Å². The molecule has 108 valence electrons. The predicted octanol–water partition coefficient (Wildman–Crippen LogP) is 3.00. The second kappa shape index (κ2) is 4.32. The van der Waals surface area contributed by atoms with E-state index in [1.807, 2.05) is 12.1 Å². The second-order valence-electron chi connectivity index (χ2n) is 7.06. The molecule has 0 amide bonds. The molecular formula is C17H23NO2. The third-order valence-electron chi connectivity index (χ3n) is 6.08. The molecule has 3 nitrogen and oxygen atoms in total. The van der Waals surface area contributed by atoms with Crippen LogP contribution in [0.25, 0.3) is 0 Å². The van der Waals surface area contributed by atoms with Gasteiger partial charge < -0.3 is 10.2 Å². The Hall–Kier alpha value is -1.35. The zero-order valence-electron chi connectivity index (χ0n) is 12.4. The van der Waals surface area contributed by atoms with E-state index in [2.05, 4.69) is 25.8 Å². The average Bonchev–Trinajstić information content (AvgIpc) is 2.71. The molecule has 0 saturated heterocycles. The smallest absolute Gasteiger partial charge is 0.124 e. The van der Waals surface area contributed by atoms with Crippen molar-refractivity contribution in [3.8, 4) is 5.75 Å². The molecule has 2 aliphatic carbocycles. The molecule has 0 aromatic heterocycles. The highest BCUT2D eigenvalue weighted by Crippen LogP contribution is 2.66. The van der Waals surface area contributed by atoms with Gasteiger partial charge in [0, 0.05) is 17.2 Å². The standard InChI is InChI=1S/C17H23NO2/c1-16(2)12-8-9-17(16,3)15(20)14(12)18-10-11-6-4-5-7-13(11)19/h4-7,10,12,14-15,19-20H,8-9H2,1-3H3/t12-,14+,15+,17+/m0/s1. The lowest BCUT2D eigenvalue weighted by molar-refractivity contribution is 0.00624. The SMILES string of the molecule is CC1(C)[C@H]2CC[C@]1(C)[C@H](O)[C@@H]2N=Cc1ccccc1O. The minimum Gasteiger partial charge on any atom is -0.507 e. The van der Waals surface area contributed by atoms with Crippen molar-refractivity contribution in [3.63, 3.8) is 0 Å². The van der Waals surface area contributed by atoms with E-state index in [-0.39, 0.29) is 22.6 Å². The van der Waals surface area contributed by atoms with Crippen LogP contribution in [0.4, 0.5) is 0 Å². The van der Waals surface area contributed by atoms with Crippen LogP contribution in [0.3, 0.4) is 0 Å². The summed E-state index contributed by atoms with van der Waals surface area (Å²) in [7, 11) is 0. The molecule has 0 heterocycles. The lowest BCUT2D eigenvalue weighted by atomic mass is 9.70. The number of hydrogen-bond donors (Lipinski definition) is 2. The number of aromatic hydroxyl groups is 1. The molecule has 0 unspecified atom stereocenters. The second-order valence-corrected chi connectivity index (χ2v) is 7.06. The topological polar surface area (TPSA) is 52.8 Å². The normalized spacial score (nSPS) is 38.7. The minimum absolute atomic E-state index is 0.0432. The van der Waals surface area contributed by atoms with Gasteiger partial charge in [-0.05, 0) is 36.3 Å². The Morgan fingerprint density at radius 1 is 1.25 bits per heavy atom. The molecule has 2 N–H and O–H groups in total. The molecule has 2 aliphatic rings. The fourth-order valence-electron chi connectivity index (χ4n) is 4.23. The molecule has 0 aliphatic heterocycles. The van der Waals surface area contributed by atoms with Crippen molar-refractivity contribution in [2.45, 2.75) is 45.8 Å². The summed E-state index contributed by atoms with van der Waals surface area (Å²) in [5.74, 6) is 0.656. The van der Waals surface area contributed by atoms with Crippen LogP contribution in [0, 0.1) is 16.7 Å². The van der Waals surface area contributed by atoms with Crippen molar-refractivity contribution in [1.29, 1.82) is 0 Å². The third kappa shape index (κ3) is 1.65. The van der Waals surface area contributed by atoms with Crippen molar-refractivity contribution < 1.29 is 10.2 Å². The van der Waals surface area contributed by atoms with Crippen LogP contribution >= 0.6 is 0 Å². The summed E-state index contributed by atoms with van der Waals surface area (Å²) in [5.41, 5.74) is 0.788. The maximum Gasteiger partial charge on any atom is 0.124 e. The summed E-state index contributed by atoms with van der Waals surface area (Å²) in [5, 5.41) is 20.4. The number of fused-ring (bicyclic) bond motifs is 2. The molecule has 2 bridgehead atoms. The first kappa shape index (κ1) is 13.6. The van der Waals surface area contributed by atoms with Crippen LogP contribution in [-0.4, -0.2) is 28.6 Å². The average molecular weight is 273 g/mol. The molecule has 0 radical (unpaired) electrons. The summed E-state index contributed by atoms with van der Waals surface area (Å²) >= 11 is 0. The number of rotatable bonds is 2. The van der Waals surface area contributed by atoms with E-state index in [9.17, 15) is 10.2 Å². The van der Waals surface area contributed by atoms with Gasteiger partial charge in [-0.15, -0.1) is 0 Å². The van der Waals surface area contributed by atoms with E-state index in [1.54, 1.807) is 18.3 Å². The number of phenols is 1. The summed E-state index contributed by atoms with van der Waals surface area (Å²) < 4.78 is 0. The predicted molar refractivity (Wildman–Crippen MR) is 80.1 cm³/mol. The highest BCUT2D eigenvalue weighted by molar-refractivity contribution is 5.83. The summed E-state index contributed by atoms with van der Waals surface area (Å²) in [6, 6.07) is 7.12. The molecule has 0 spiro atoms. The first-order chi connectivity index (χ1) is 9.38. The van der Waals surface area contributed by atoms with Crippen LogP contribution in [0.2, 0.25) is 0 Å². The molecule has 2 saturated carbocycles. The van der Waals surface area contributed by atoms with Crippen molar-refractivity contribution in [2.75, 3.05) is 0 Å². The van der Waals surface area contributed by atoms with E-state index in [0.717, 1.165) is 12.8 Å². The molecule has 20 heavy (non-hydrogen) atoms. The van der Waals surface area contributed by atoms with E-state index in [1.165, 1.54) is 0 Å². The fraction of sp³-hybridized carbons (Fsp3) is 0.588. The highest BCUT2D eigenvalue weighted by Gasteiger charge is 2.65. The Morgan fingerprint density at radius 2 is 1.95 bits per heavy atom. The largest absolute Gasteiger partial charge is 0.507 e. The summed E-state index contributed by atoms with van der Waals surface area (Å²) in [6.07, 6.45) is 3.53. The van der Waals surface area contributed by atoms with Crippen molar-refractivity contribution in [3.05, 3.63) is 29.8 Å². The third-order valence-corrected chi connectivity index (χ3v) is 6.08. The van der Waals surface area contributed by atoms with E-state index in [4.69, 9.17) is 0 Å². The van der Waals surface area contributed by atoms with Crippen LogP contribution in [0.15, 0.2) is 29.3 Å². The monoisotopic (exact) mass is 273 g/mol. The van der Waals surface area contributed by atoms with Gasteiger partial charge >= 0.3 is 0 Å². The van der Waals surface area contributed by atoms with Crippen molar-refractivity contribution >= 4 is 6.21 Å². The van der Waals surface area contributed by atoms with Gasteiger partial charge in [-0.2, -0.15) is 0 Å². The lowest BCUT2D eigenvalue weighted by Gasteiger charge is -2.36. The zero-order valence-corrected chi connectivity index (χ0v) is 12.4. The highest BCUT2D eigenvalue weighted by atomic mass is 16.3. The zero-order chi connectivity index (χ0) is 14.5. The Kier molecular flexibility index (Phi) is 2.94. The van der Waals surface area contributed by atoms with Crippen LogP contribution in [0.1, 0.15) is 39.2 Å². The number of para-hydroxylation sites is 1. The number of aliphatic hydroxyl groups is 1. The summed E-state index contributed by atoms with van der Waals surface area (Å²) in [6.45, 7) is 6.69. The van der Waals surface area contributed by atoms with Gasteiger partial charge in [0.05, 0.1) is 12.1 Å². The first-order valence-electron chi connectivity index (χ1n) is 7.37. The lowest BCUT2D eigenvalue weighted by Crippen LogP contribution is -2.39. The number of nitrogens with zero attached hydrogens (tertiary/aromatic N) is 1. The van der Waals surface area contributed by atoms with Gasteiger partial charge in [0.15, 0.2) is 0 Å². The van der Waals surface area contributed by atoms with E-state index >= 15 is 0 Å². The van der Waals surface area contributed by atoms with Crippen molar-refractivity contribution in [1.82, 2.24) is 0 Å². The molecule has 2 fully saturated rings. The van der Waals surface area contributed by atoms with Gasteiger partial charge in [-0.25, -0.2) is 0 Å². The van der Waals surface area contributed by atoms with Crippen LogP contribution in [0.5, 0.6) is 5.75 Å². The number of phenolic OH excluding ortho intramolecular Hbond substituents is 1. The Morgan fingerprint density at radius 3 is 2.55 bits per heavy atom.